The number of hydrogen-bond acceptors (Lipinski definition) is 5. The van der Waals surface area contributed by atoms with Crippen LogP contribution in [0.1, 0.15) is 41.6 Å². The third-order valence-corrected chi connectivity index (χ3v) is 5.71. The van der Waals surface area contributed by atoms with Crippen molar-refractivity contribution >= 4 is 17.3 Å². The number of anilines is 2. The molecule has 0 atom stereocenters. The summed E-state index contributed by atoms with van der Waals surface area (Å²) in [6, 6.07) is 15.8. The van der Waals surface area contributed by atoms with Crippen molar-refractivity contribution in [1.29, 1.82) is 0 Å². The van der Waals surface area contributed by atoms with Crippen LogP contribution in [0.25, 0.3) is 0 Å². The van der Waals surface area contributed by atoms with Crippen molar-refractivity contribution in [3.05, 3.63) is 82.3 Å². The Bertz CT molecular complexity index is 1130. The maximum absolute atomic E-state index is 12.4. The first-order valence-electron chi connectivity index (χ1n) is 10.7. The lowest BCUT2D eigenvalue weighted by molar-refractivity contribution is 0.0697. The van der Waals surface area contributed by atoms with E-state index in [2.05, 4.69) is 4.98 Å². The van der Waals surface area contributed by atoms with E-state index < -0.39 is 5.97 Å². The van der Waals surface area contributed by atoms with Crippen molar-refractivity contribution in [1.82, 2.24) is 4.98 Å². The Morgan fingerprint density at radius 1 is 1.06 bits per heavy atom. The van der Waals surface area contributed by atoms with Crippen LogP contribution in [-0.4, -0.2) is 29.3 Å². The predicted molar refractivity (Wildman–Crippen MR) is 122 cm³/mol. The number of nitrogens with one attached hydrogen (secondary N) is 1. The molecular weight excluding hydrogens is 408 g/mol. The lowest BCUT2D eigenvalue weighted by Crippen LogP contribution is -2.23. The van der Waals surface area contributed by atoms with Crippen LogP contribution >= 0.6 is 0 Å². The normalized spacial score (nSPS) is 13.7. The molecule has 0 radical (unpaired) electrons. The molecule has 0 spiro atoms. The van der Waals surface area contributed by atoms with E-state index in [1.54, 1.807) is 49.7 Å². The molecule has 0 bridgehead atoms. The first-order valence-corrected chi connectivity index (χ1v) is 10.7. The van der Waals surface area contributed by atoms with E-state index in [0.717, 1.165) is 37.1 Å². The molecule has 2 N–H and O–H groups in total. The summed E-state index contributed by atoms with van der Waals surface area (Å²) < 4.78 is 11.8. The topological polar surface area (TPSA) is 91.9 Å². The zero-order valence-electron chi connectivity index (χ0n) is 17.9. The number of carboxylic acids is 1. The molecule has 1 aromatic heterocycles. The molecule has 0 aliphatic heterocycles. The standard InChI is InChI=1S/C25H26N2O5/c1-31-22-13-12-20(15-23(22)32-21-6-2-3-7-21)27(16-18-5-4-14-26-24(18)28)19-10-8-17(9-11-19)25(29)30/h4-5,8-15,21H,2-3,6-7,16H2,1H3,(H,26,28)(H,29,30). The van der Waals surface area contributed by atoms with Crippen LogP contribution in [0.3, 0.4) is 0 Å². The summed E-state index contributed by atoms with van der Waals surface area (Å²) in [6.07, 6.45) is 6.12. The van der Waals surface area contributed by atoms with E-state index in [1.807, 2.05) is 23.1 Å². The van der Waals surface area contributed by atoms with Crippen LogP contribution in [0.15, 0.2) is 65.6 Å². The van der Waals surface area contributed by atoms with E-state index in [4.69, 9.17) is 9.47 Å². The van der Waals surface area contributed by atoms with Crippen LogP contribution in [0.4, 0.5) is 11.4 Å². The Hall–Kier alpha value is -3.74. The number of rotatable bonds is 8. The second kappa shape index (κ2) is 9.60. The molecule has 0 unspecified atom stereocenters. The Labute approximate surface area is 186 Å². The quantitative estimate of drug-likeness (QED) is 0.532. The molecule has 7 heteroatoms. The number of ether oxygens (including phenoxy) is 2. The molecule has 32 heavy (non-hydrogen) atoms. The fraction of sp³-hybridized carbons (Fsp3) is 0.280. The smallest absolute Gasteiger partial charge is 0.335 e. The van der Waals surface area contributed by atoms with Gasteiger partial charge in [-0.1, -0.05) is 6.07 Å². The average molecular weight is 434 g/mol. The highest BCUT2D eigenvalue weighted by Crippen LogP contribution is 2.37. The first kappa shape index (κ1) is 21.5. The summed E-state index contributed by atoms with van der Waals surface area (Å²) in [6.45, 7) is 0.303. The number of nitrogens with zero attached hydrogens (tertiary/aromatic N) is 1. The number of carboxylic acid groups (broad SMARTS) is 1. The van der Waals surface area contributed by atoms with Crippen LogP contribution in [-0.2, 0) is 6.54 Å². The molecular formula is C25H26N2O5. The Morgan fingerprint density at radius 3 is 2.44 bits per heavy atom. The minimum atomic E-state index is -0.987. The Morgan fingerprint density at radius 2 is 1.78 bits per heavy atom. The summed E-state index contributed by atoms with van der Waals surface area (Å²) in [5.74, 6) is 0.324. The van der Waals surface area contributed by atoms with Gasteiger partial charge in [-0.25, -0.2) is 4.79 Å². The molecule has 1 saturated carbocycles. The van der Waals surface area contributed by atoms with Gasteiger partial charge in [-0.3, -0.25) is 4.79 Å². The van der Waals surface area contributed by atoms with Crippen LogP contribution < -0.4 is 19.9 Å². The van der Waals surface area contributed by atoms with Crippen LogP contribution in [0.5, 0.6) is 11.5 Å². The highest BCUT2D eigenvalue weighted by molar-refractivity contribution is 5.88. The number of aromatic carboxylic acids is 1. The van der Waals surface area contributed by atoms with E-state index in [-0.39, 0.29) is 17.2 Å². The van der Waals surface area contributed by atoms with Crippen molar-refractivity contribution in [3.8, 4) is 11.5 Å². The van der Waals surface area contributed by atoms with E-state index in [9.17, 15) is 14.7 Å². The van der Waals surface area contributed by atoms with E-state index in [0.29, 0.717) is 23.6 Å². The first-order chi connectivity index (χ1) is 15.5. The van der Waals surface area contributed by atoms with Gasteiger partial charge >= 0.3 is 5.97 Å². The number of benzene rings is 2. The van der Waals surface area contributed by atoms with Gasteiger partial charge in [0.2, 0.25) is 0 Å². The molecule has 1 heterocycles. The zero-order chi connectivity index (χ0) is 22.5. The van der Waals surface area contributed by atoms with Crippen LogP contribution in [0, 0.1) is 0 Å². The van der Waals surface area contributed by atoms with Gasteiger partial charge in [0.1, 0.15) is 0 Å². The number of aromatic nitrogens is 1. The molecule has 0 amide bonds. The summed E-state index contributed by atoms with van der Waals surface area (Å²) in [5, 5.41) is 9.24. The maximum atomic E-state index is 12.4. The van der Waals surface area contributed by atoms with Crippen molar-refractivity contribution in [3.63, 3.8) is 0 Å². The molecule has 1 aliphatic carbocycles. The van der Waals surface area contributed by atoms with E-state index in [1.165, 1.54) is 0 Å². The highest BCUT2D eigenvalue weighted by atomic mass is 16.5. The molecule has 166 valence electrons. The number of methoxy groups -OCH3 is 1. The van der Waals surface area contributed by atoms with Crippen molar-refractivity contribution in [2.24, 2.45) is 0 Å². The predicted octanol–water partition coefficient (Wildman–Crippen LogP) is 4.74. The second-order valence-electron chi connectivity index (χ2n) is 7.82. The molecule has 3 aromatic rings. The maximum Gasteiger partial charge on any atom is 0.335 e. The van der Waals surface area contributed by atoms with E-state index >= 15 is 0 Å². The molecule has 7 nitrogen and oxygen atoms in total. The van der Waals surface area contributed by atoms with Gasteiger partial charge in [-0.05, 0) is 68.1 Å². The fourth-order valence-electron chi connectivity index (χ4n) is 3.98. The average Bonchev–Trinajstić information content (AvgIpc) is 3.32. The molecule has 1 fully saturated rings. The van der Waals surface area contributed by atoms with Gasteiger partial charge in [-0.15, -0.1) is 0 Å². The lowest BCUT2D eigenvalue weighted by atomic mass is 10.1. The number of hydrogen-bond donors (Lipinski definition) is 2. The summed E-state index contributed by atoms with van der Waals surface area (Å²) in [4.78, 5) is 28.3. The molecule has 4 rings (SSSR count). The number of carbonyl (C=O) groups is 1. The van der Waals surface area contributed by atoms with Gasteiger partial charge in [0.05, 0.1) is 25.3 Å². The van der Waals surface area contributed by atoms with Gasteiger partial charge in [-0.2, -0.15) is 0 Å². The minimum Gasteiger partial charge on any atom is -0.493 e. The third-order valence-electron chi connectivity index (χ3n) is 5.71. The molecule has 1 aliphatic rings. The largest absolute Gasteiger partial charge is 0.493 e. The molecule has 0 saturated heterocycles. The van der Waals surface area contributed by atoms with Gasteiger partial charge in [0, 0.05) is 29.2 Å². The highest BCUT2D eigenvalue weighted by Gasteiger charge is 2.20. The number of H-pyrrole nitrogens is 1. The second-order valence-corrected chi connectivity index (χ2v) is 7.82. The molecule has 2 aromatic carbocycles. The summed E-state index contributed by atoms with van der Waals surface area (Å²) in [7, 11) is 1.61. The summed E-state index contributed by atoms with van der Waals surface area (Å²) >= 11 is 0. The van der Waals surface area contributed by atoms with Gasteiger partial charge < -0.3 is 24.5 Å². The van der Waals surface area contributed by atoms with Crippen molar-refractivity contribution in [2.75, 3.05) is 12.0 Å². The van der Waals surface area contributed by atoms with Crippen LogP contribution in [0.2, 0.25) is 0 Å². The van der Waals surface area contributed by atoms with Crippen molar-refractivity contribution < 1.29 is 19.4 Å². The van der Waals surface area contributed by atoms with Crippen molar-refractivity contribution in [2.45, 2.75) is 38.3 Å². The monoisotopic (exact) mass is 434 g/mol. The van der Waals surface area contributed by atoms with Gasteiger partial charge in [0.15, 0.2) is 11.5 Å². The third kappa shape index (κ3) is 4.77. The number of pyridine rings is 1. The lowest BCUT2D eigenvalue weighted by Gasteiger charge is -2.26. The minimum absolute atomic E-state index is 0.166. The SMILES string of the molecule is COc1ccc(N(Cc2ccc[nH]c2=O)c2ccc(C(=O)O)cc2)cc1OC1CCCC1. The fourth-order valence-corrected chi connectivity index (χ4v) is 3.98. The van der Waals surface area contributed by atoms with Gasteiger partial charge in [0.25, 0.3) is 5.56 Å². The Kier molecular flexibility index (Phi) is 6.44. The number of aromatic amines is 1. The summed E-state index contributed by atoms with van der Waals surface area (Å²) in [5.41, 5.74) is 2.19. The Balaban J connectivity index is 1.73. The zero-order valence-corrected chi connectivity index (χ0v) is 17.9.